The molecule has 0 bridgehead atoms. The first-order chi connectivity index (χ1) is 11.0. The van der Waals surface area contributed by atoms with Gasteiger partial charge in [-0.1, -0.05) is 0 Å². The predicted molar refractivity (Wildman–Crippen MR) is 90.6 cm³/mol. The average molecular weight is 375 g/mol. The quantitative estimate of drug-likeness (QED) is 0.653. The lowest BCUT2D eigenvalue weighted by atomic mass is 10.2. The van der Waals surface area contributed by atoms with Crippen LogP contribution in [0.5, 0.6) is 0 Å². The van der Waals surface area contributed by atoms with Crippen molar-refractivity contribution in [1.29, 1.82) is 0 Å². The van der Waals surface area contributed by atoms with Crippen LogP contribution in [0.1, 0.15) is 10.6 Å². The predicted octanol–water partition coefficient (Wildman–Crippen LogP) is 4.68. The molecule has 23 heavy (non-hydrogen) atoms. The van der Waals surface area contributed by atoms with Gasteiger partial charge < -0.3 is 15.5 Å². The second-order valence-corrected chi connectivity index (χ2v) is 5.72. The van der Waals surface area contributed by atoms with Crippen molar-refractivity contribution in [2.75, 3.05) is 11.1 Å². The van der Waals surface area contributed by atoms with Crippen molar-refractivity contribution in [3.63, 3.8) is 0 Å². The summed E-state index contributed by atoms with van der Waals surface area (Å²) in [7, 11) is 0. The standard InChI is InChI=1S/C17H12BrFN2O2/c18-13-9-12(20)5-6-14(13)21-17(22)16-8-7-15(23-16)10-1-3-11(19)4-2-10/h1-9H,20H2,(H,21,22). The van der Waals surface area contributed by atoms with E-state index in [0.717, 1.165) is 0 Å². The minimum Gasteiger partial charge on any atom is -0.451 e. The lowest BCUT2D eigenvalue weighted by Crippen LogP contribution is -2.11. The Labute approximate surface area is 140 Å². The maximum Gasteiger partial charge on any atom is 0.291 e. The molecule has 3 aromatic rings. The van der Waals surface area contributed by atoms with Gasteiger partial charge in [-0.3, -0.25) is 4.79 Å². The van der Waals surface area contributed by atoms with Crippen LogP contribution in [-0.4, -0.2) is 5.91 Å². The molecule has 2 aromatic carbocycles. The van der Waals surface area contributed by atoms with E-state index in [2.05, 4.69) is 21.2 Å². The molecule has 0 aliphatic heterocycles. The van der Waals surface area contributed by atoms with Crippen LogP contribution >= 0.6 is 15.9 Å². The Morgan fingerprint density at radius 3 is 2.52 bits per heavy atom. The van der Waals surface area contributed by atoms with Crippen LogP contribution < -0.4 is 11.1 Å². The zero-order valence-electron chi connectivity index (χ0n) is 11.8. The summed E-state index contributed by atoms with van der Waals surface area (Å²) in [5, 5.41) is 2.73. The normalized spacial score (nSPS) is 10.5. The molecule has 0 saturated heterocycles. The molecule has 1 amide bonds. The van der Waals surface area contributed by atoms with Crippen molar-refractivity contribution in [3.05, 3.63) is 70.6 Å². The number of halogens is 2. The molecule has 0 unspecified atom stereocenters. The van der Waals surface area contributed by atoms with Crippen molar-refractivity contribution < 1.29 is 13.6 Å². The Morgan fingerprint density at radius 2 is 1.83 bits per heavy atom. The van der Waals surface area contributed by atoms with E-state index in [1.165, 1.54) is 12.1 Å². The molecule has 1 aromatic heterocycles. The van der Waals surface area contributed by atoms with Gasteiger partial charge in [0.15, 0.2) is 5.76 Å². The van der Waals surface area contributed by atoms with E-state index in [1.807, 2.05) is 0 Å². The molecular formula is C17H12BrFN2O2. The number of benzene rings is 2. The Hall–Kier alpha value is -2.60. The van der Waals surface area contributed by atoms with Gasteiger partial charge in [-0.25, -0.2) is 4.39 Å². The van der Waals surface area contributed by atoms with Gasteiger partial charge >= 0.3 is 0 Å². The third kappa shape index (κ3) is 3.43. The molecule has 3 N–H and O–H groups in total. The zero-order chi connectivity index (χ0) is 16.4. The van der Waals surface area contributed by atoms with Gasteiger partial charge in [-0.15, -0.1) is 0 Å². The highest BCUT2D eigenvalue weighted by molar-refractivity contribution is 9.10. The number of hydrogen-bond donors (Lipinski definition) is 2. The number of nitrogen functional groups attached to an aromatic ring is 1. The summed E-state index contributed by atoms with van der Waals surface area (Å²) in [6.07, 6.45) is 0. The van der Waals surface area contributed by atoms with Crippen molar-refractivity contribution in [2.24, 2.45) is 0 Å². The van der Waals surface area contributed by atoms with Crippen LogP contribution in [0.3, 0.4) is 0 Å². The van der Waals surface area contributed by atoms with Gasteiger partial charge in [0.05, 0.1) is 5.69 Å². The first kappa shape index (κ1) is 15.3. The number of furan rings is 1. The fraction of sp³-hybridized carbons (Fsp3) is 0. The van der Waals surface area contributed by atoms with Crippen LogP contribution in [0.15, 0.2) is 63.5 Å². The average Bonchev–Trinajstić information content (AvgIpc) is 3.01. The van der Waals surface area contributed by atoms with Gasteiger partial charge in [-0.05, 0) is 70.5 Å². The Kier molecular flexibility index (Phi) is 4.16. The van der Waals surface area contributed by atoms with Gasteiger partial charge in [0.1, 0.15) is 11.6 Å². The lowest BCUT2D eigenvalue weighted by molar-refractivity contribution is 0.0997. The summed E-state index contributed by atoms with van der Waals surface area (Å²) in [6.45, 7) is 0. The van der Waals surface area contributed by atoms with E-state index in [-0.39, 0.29) is 17.5 Å². The second-order valence-electron chi connectivity index (χ2n) is 4.86. The fourth-order valence-corrected chi connectivity index (χ4v) is 2.54. The highest BCUT2D eigenvalue weighted by Crippen LogP contribution is 2.26. The number of nitrogens with two attached hydrogens (primary N) is 1. The lowest BCUT2D eigenvalue weighted by Gasteiger charge is -2.06. The van der Waals surface area contributed by atoms with Crippen LogP contribution in [0.4, 0.5) is 15.8 Å². The molecule has 0 fully saturated rings. The molecule has 0 atom stereocenters. The third-order valence-corrected chi connectivity index (χ3v) is 3.86. The van der Waals surface area contributed by atoms with E-state index in [4.69, 9.17) is 10.2 Å². The van der Waals surface area contributed by atoms with Gasteiger partial charge in [0, 0.05) is 15.7 Å². The van der Waals surface area contributed by atoms with Gasteiger partial charge in [-0.2, -0.15) is 0 Å². The molecule has 6 heteroatoms. The van der Waals surface area contributed by atoms with Crippen LogP contribution in [0.25, 0.3) is 11.3 Å². The number of carbonyl (C=O) groups is 1. The Bertz CT molecular complexity index is 859. The molecule has 0 spiro atoms. The van der Waals surface area contributed by atoms with E-state index >= 15 is 0 Å². The first-order valence-corrected chi connectivity index (χ1v) is 7.54. The number of rotatable bonds is 3. The zero-order valence-corrected chi connectivity index (χ0v) is 13.4. The van der Waals surface area contributed by atoms with Crippen LogP contribution in [0.2, 0.25) is 0 Å². The summed E-state index contributed by atoms with van der Waals surface area (Å²) < 4.78 is 19.1. The summed E-state index contributed by atoms with van der Waals surface area (Å²) in [6, 6.07) is 14.2. The van der Waals surface area contributed by atoms with E-state index < -0.39 is 0 Å². The molecule has 0 aliphatic rings. The molecular weight excluding hydrogens is 363 g/mol. The van der Waals surface area contributed by atoms with Crippen molar-refractivity contribution in [2.45, 2.75) is 0 Å². The summed E-state index contributed by atoms with van der Waals surface area (Å²) in [4.78, 5) is 12.2. The molecule has 0 aliphatic carbocycles. The Morgan fingerprint density at radius 1 is 1.09 bits per heavy atom. The number of hydrogen-bond acceptors (Lipinski definition) is 3. The fourth-order valence-electron chi connectivity index (χ4n) is 2.05. The van der Waals surface area contributed by atoms with Crippen molar-refractivity contribution in [3.8, 4) is 11.3 Å². The second kappa shape index (κ2) is 6.26. The third-order valence-electron chi connectivity index (χ3n) is 3.20. The molecule has 3 rings (SSSR count). The van der Waals surface area contributed by atoms with E-state index in [9.17, 15) is 9.18 Å². The van der Waals surface area contributed by atoms with Crippen molar-refractivity contribution in [1.82, 2.24) is 0 Å². The van der Waals surface area contributed by atoms with Crippen LogP contribution in [-0.2, 0) is 0 Å². The van der Waals surface area contributed by atoms with E-state index in [0.29, 0.717) is 27.2 Å². The maximum atomic E-state index is 12.9. The summed E-state index contributed by atoms with van der Waals surface area (Å²) in [5.74, 6) is -0.0603. The molecule has 0 saturated carbocycles. The highest BCUT2D eigenvalue weighted by atomic mass is 79.9. The number of carbonyl (C=O) groups excluding carboxylic acids is 1. The van der Waals surface area contributed by atoms with Gasteiger partial charge in [0.2, 0.25) is 0 Å². The monoisotopic (exact) mass is 374 g/mol. The smallest absolute Gasteiger partial charge is 0.291 e. The van der Waals surface area contributed by atoms with E-state index in [1.54, 1.807) is 42.5 Å². The molecule has 116 valence electrons. The number of nitrogens with one attached hydrogen (secondary N) is 1. The summed E-state index contributed by atoms with van der Waals surface area (Å²) in [5.41, 5.74) is 7.53. The largest absolute Gasteiger partial charge is 0.451 e. The van der Waals surface area contributed by atoms with Crippen molar-refractivity contribution >= 4 is 33.2 Å². The van der Waals surface area contributed by atoms with Crippen LogP contribution in [0, 0.1) is 5.82 Å². The number of amides is 1. The topological polar surface area (TPSA) is 68.3 Å². The number of anilines is 2. The maximum absolute atomic E-state index is 12.9. The minimum absolute atomic E-state index is 0.160. The highest BCUT2D eigenvalue weighted by Gasteiger charge is 2.14. The molecule has 4 nitrogen and oxygen atoms in total. The minimum atomic E-state index is -0.385. The molecule has 0 radical (unpaired) electrons. The summed E-state index contributed by atoms with van der Waals surface area (Å²) >= 11 is 3.34. The van der Waals surface area contributed by atoms with Gasteiger partial charge in [0.25, 0.3) is 5.91 Å². The first-order valence-electron chi connectivity index (χ1n) is 6.75. The molecule has 1 heterocycles. The Balaban J connectivity index is 1.79. The SMILES string of the molecule is Nc1ccc(NC(=O)c2ccc(-c3ccc(F)cc3)o2)c(Br)c1.